The van der Waals surface area contributed by atoms with E-state index in [1.165, 1.54) is 11.4 Å². The van der Waals surface area contributed by atoms with E-state index in [1.54, 1.807) is 0 Å². The molecule has 2 N–H and O–H groups in total. The van der Waals surface area contributed by atoms with Gasteiger partial charge in [0, 0.05) is 22.9 Å². The first-order valence-corrected chi connectivity index (χ1v) is 5.14. The molecule has 0 spiro atoms. The number of hydrogen-bond acceptors (Lipinski definition) is 7. The van der Waals surface area contributed by atoms with Crippen molar-refractivity contribution in [1.29, 1.82) is 0 Å². The van der Waals surface area contributed by atoms with Crippen molar-refractivity contribution in [3.8, 4) is 0 Å². The number of nitrogens with two attached hydrogens (primary N) is 1. The van der Waals surface area contributed by atoms with Gasteiger partial charge in [0.25, 0.3) is 5.69 Å². The second kappa shape index (κ2) is 4.94. The van der Waals surface area contributed by atoms with Gasteiger partial charge in [0.05, 0.1) is 10.3 Å². The molecule has 0 aliphatic carbocycles. The number of rotatable bonds is 3. The van der Waals surface area contributed by atoms with E-state index in [0.717, 1.165) is 11.3 Å². The number of hydrogen-bond donors (Lipinski definition) is 1. The van der Waals surface area contributed by atoms with E-state index in [4.69, 9.17) is 5.14 Å². The van der Waals surface area contributed by atoms with Gasteiger partial charge in [0.1, 0.15) is 6.61 Å². The Bertz CT molecular complexity index is 351. The molecule has 1 heterocycles. The van der Waals surface area contributed by atoms with Crippen LogP contribution in [0.4, 0.5) is 10.5 Å². The molecule has 0 saturated heterocycles. The third-order valence-electron chi connectivity index (χ3n) is 1.28. The minimum absolute atomic E-state index is 0.00134. The molecule has 0 saturated carbocycles. The lowest BCUT2D eigenvalue weighted by atomic mass is 10.4. The van der Waals surface area contributed by atoms with Crippen molar-refractivity contribution < 1.29 is 14.5 Å². The summed E-state index contributed by atoms with van der Waals surface area (Å²) in [6, 6.07) is 1.36. The molecule has 0 bridgehead atoms. The Morgan fingerprint density at radius 2 is 2.50 bits per heavy atom. The Kier molecular flexibility index (Phi) is 3.86. The highest BCUT2D eigenvalue weighted by Crippen LogP contribution is 2.22. The van der Waals surface area contributed by atoms with Crippen LogP contribution in [0.25, 0.3) is 0 Å². The lowest BCUT2D eigenvalue weighted by molar-refractivity contribution is -0.384. The van der Waals surface area contributed by atoms with Gasteiger partial charge in [-0.05, 0) is 0 Å². The van der Waals surface area contributed by atoms with Gasteiger partial charge < -0.3 is 4.74 Å². The van der Waals surface area contributed by atoms with Gasteiger partial charge in [0.2, 0.25) is 0 Å². The maximum atomic E-state index is 10.6. The zero-order valence-corrected chi connectivity index (χ0v) is 8.47. The van der Waals surface area contributed by atoms with E-state index in [2.05, 4.69) is 4.74 Å². The standard InChI is InChI=1S/C6H6N2O4S2/c7-14-6(9)12-2-5-1-4(3-13-5)8(10)11/h1,3H,2,7H2. The van der Waals surface area contributed by atoms with Gasteiger partial charge in [-0.15, -0.1) is 11.3 Å². The first-order chi connectivity index (χ1) is 6.63. The Labute approximate surface area is 87.3 Å². The summed E-state index contributed by atoms with van der Waals surface area (Å²) < 4.78 is 4.66. The van der Waals surface area contributed by atoms with Crippen molar-refractivity contribution in [3.63, 3.8) is 0 Å². The van der Waals surface area contributed by atoms with Crippen molar-refractivity contribution in [2.45, 2.75) is 6.61 Å². The summed E-state index contributed by atoms with van der Waals surface area (Å²) in [6.07, 6.45) is 0. The quantitative estimate of drug-likeness (QED) is 0.371. The van der Waals surface area contributed by atoms with Crippen molar-refractivity contribution in [2.24, 2.45) is 5.14 Å². The predicted molar refractivity (Wildman–Crippen MR) is 52.9 cm³/mol. The van der Waals surface area contributed by atoms with Gasteiger partial charge >= 0.3 is 5.30 Å². The number of carbonyl (C=O) groups is 1. The van der Waals surface area contributed by atoms with Crippen LogP contribution in [0.15, 0.2) is 11.4 Å². The molecule has 0 fully saturated rings. The Balaban J connectivity index is 2.52. The maximum absolute atomic E-state index is 10.6. The van der Waals surface area contributed by atoms with Gasteiger partial charge in [-0.3, -0.25) is 15.3 Å². The van der Waals surface area contributed by atoms with Gasteiger partial charge in [0.15, 0.2) is 0 Å². The molecule has 8 heteroatoms. The summed E-state index contributed by atoms with van der Waals surface area (Å²) in [6.45, 7) is 0.0154. The molecule has 6 nitrogen and oxygen atoms in total. The predicted octanol–water partition coefficient (Wildman–Crippen LogP) is 1.90. The van der Waals surface area contributed by atoms with Crippen LogP contribution in [-0.4, -0.2) is 10.2 Å². The van der Waals surface area contributed by atoms with Crippen molar-refractivity contribution >= 4 is 34.3 Å². The highest BCUT2D eigenvalue weighted by molar-refractivity contribution is 8.11. The topological polar surface area (TPSA) is 95.5 Å². The fraction of sp³-hybridized carbons (Fsp3) is 0.167. The minimum Gasteiger partial charge on any atom is -0.451 e. The summed E-state index contributed by atoms with van der Waals surface area (Å²) in [4.78, 5) is 21.0. The second-order valence-electron chi connectivity index (χ2n) is 2.18. The summed E-state index contributed by atoms with van der Waals surface area (Å²) >= 11 is 1.63. The average Bonchev–Trinajstić information content (AvgIpc) is 2.62. The maximum Gasteiger partial charge on any atom is 0.382 e. The Morgan fingerprint density at radius 1 is 1.79 bits per heavy atom. The first kappa shape index (κ1) is 11.0. The summed E-state index contributed by atoms with van der Waals surface area (Å²) in [5, 5.41) is 16.0. The van der Waals surface area contributed by atoms with Crippen LogP contribution >= 0.6 is 23.3 Å². The molecule has 0 aromatic carbocycles. The van der Waals surface area contributed by atoms with Gasteiger partial charge in [-0.1, -0.05) is 0 Å². The SMILES string of the molecule is NSC(=O)OCc1cc([N+](=O)[O-])cs1. The molecular formula is C6H6N2O4S2. The number of ether oxygens (including phenoxy) is 1. The number of nitro groups is 1. The van der Waals surface area contributed by atoms with E-state index in [1.807, 2.05) is 0 Å². The fourth-order valence-electron chi connectivity index (χ4n) is 0.705. The summed E-state index contributed by atoms with van der Waals surface area (Å²) in [5.74, 6) is 0. The third-order valence-corrected chi connectivity index (χ3v) is 2.49. The van der Waals surface area contributed by atoms with Crippen LogP contribution in [0.2, 0.25) is 0 Å². The van der Waals surface area contributed by atoms with Crippen LogP contribution in [0.3, 0.4) is 0 Å². The van der Waals surface area contributed by atoms with Crippen LogP contribution in [-0.2, 0) is 11.3 Å². The average molecular weight is 234 g/mol. The number of nitrogens with zero attached hydrogens (tertiary/aromatic N) is 1. The molecule has 1 aromatic rings. The number of carbonyl (C=O) groups excluding carboxylic acids is 1. The monoisotopic (exact) mass is 234 g/mol. The zero-order chi connectivity index (χ0) is 10.6. The lowest BCUT2D eigenvalue weighted by Crippen LogP contribution is -1.99. The molecule has 1 aromatic heterocycles. The fourth-order valence-corrected chi connectivity index (χ4v) is 1.57. The van der Waals surface area contributed by atoms with E-state index >= 15 is 0 Å². The summed E-state index contributed by atoms with van der Waals surface area (Å²) in [5.41, 5.74) is 0.00134. The molecule has 0 aliphatic rings. The van der Waals surface area contributed by atoms with Gasteiger partial charge in [-0.2, -0.15) is 0 Å². The van der Waals surface area contributed by atoms with Crippen LogP contribution in [0.5, 0.6) is 0 Å². The smallest absolute Gasteiger partial charge is 0.382 e. The molecule has 76 valence electrons. The molecule has 0 amide bonds. The molecule has 1 rings (SSSR count). The van der Waals surface area contributed by atoms with E-state index < -0.39 is 10.2 Å². The Morgan fingerprint density at radius 3 is 3.00 bits per heavy atom. The first-order valence-electron chi connectivity index (χ1n) is 3.38. The molecule has 0 aliphatic heterocycles. The largest absolute Gasteiger partial charge is 0.451 e. The lowest BCUT2D eigenvalue weighted by Gasteiger charge is -1.97. The van der Waals surface area contributed by atoms with Crippen molar-refractivity contribution in [2.75, 3.05) is 0 Å². The van der Waals surface area contributed by atoms with Crippen LogP contribution in [0.1, 0.15) is 4.88 Å². The molecule has 0 atom stereocenters. The van der Waals surface area contributed by atoms with Crippen LogP contribution < -0.4 is 5.14 Å². The van der Waals surface area contributed by atoms with Gasteiger partial charge in [-0.25, -0.2) is 4.79 Å². The molecule has 0 radical (unpaired) electrons. The van der Waals surface area contributed by atoms with Crippen molar-refractivity contribution in [3.05, 3.63) is 26.4 Å². The van der Waals surface area contributed by atoms with E-state index in [9.17, 15) is 14.9 Å². The van der Waals surface area contributed by atoms with E-state index in [0.29, 0.717) is 16.8 Å². The Hall–Kier alpha value is -1.12. The minimum atomic E-state index is -0.610. The molecule has 0 unspecified atom stereocenters. The summed E-state index contributed by atoms with van der Waals surface area (Å²) in [7, 11) is 0. The second-order valence-corrected chi connectivity index (χ2v) is 3.75. The van der Waals surface area contributed by atoms with Crippen LogP contribution in [0, 0.1) is 10.1 Å². The third kappa shape index (κ3) is 2.98. The normalized spacial score (nSPS) is 9.79. The molecular weight excluding hydrogens is 228 g/mol. The van der Waals surface area contributed by atoms with E-state index in [-0.39, 0.29) is 12.3 Å². The number of thiophene rings is 1. The van der Waals surface area contributed by atoms with Crippen molar-refractivity contribution in [1.82, 2.24) is 0 Å². The highest BCUT2D eigenvalue weighted by atomic mass is 32.2. The zero-order valence-electron chi connectivity index (χ0n) is 6.84. The molecule has 14 heavy (non-hydrogen) atoms. The highest BCUT2D eigenvalue weighted by Gasteiger charge is 2.10.